The zero-order valence-corrected chi connectivity index (χ0v) is 10.2. The predicted molar refractivity (Wildman–Crippen MR) is 65.5 cm³/mol. The van der Waals surface area contributed by atoms with Gasteiger partial charge in [0.1, 0.15) is 5.69 Å². The van der Waals surface area contributed by atoms with Gasteiger partial charge in [-0.3, -0.25) is 4.79 Å². The lowest BCUT2D eigenvalue weighted by Gasteiger charge is -2.28. The summed E-state index contributed by atoms with van der Waals surface area (Å²) in [6.07, 6.45) is 7.97. The van der Waals surface area contributed by atoms with E-state index in [1.165, 1.54) is 12.8 Å². The zero-order chi connectivity index (χ0) is 12.3. The molecule has 5 nitrogen and oxygen atoms in total. The van der Waals surface area contributed by atoms with Crippen molar-refractivity contribution in [1.82, 2.24) is 14.9 Å². The molecule has 2 atom stereocenters. The normalized spacial score (nSPS) is 24.6. The SMILES string of the molecule is Cn1cnc(C(=O)NCC2CCCCC2N)c1. The fourth-order valence-electron chi connectivity index (χ4n) is 2.33. The Labute approximate surface area is 101 Å². The summed E-state index contributed by atoms with van der Waals surface area (Å²) in [6.45, 7) is 0.663. The molecule has 1 aliphatic rings. The molecule has 1 aliphatic carbocycles. The van der Waals surface area contributed by atoms with E-state index < -0.39 is 0 Å². The van der Waals surface area contributed by atoms with Crippen LogP contribution in [0.15, 0.2) is 12.5 Å². The van der Waals surface area contributed by atoms with Gasteiger partial charge in [-0.15, -0.1) is 0 Å². The van der Waals surface area contributed by atoms with Crippen LogP contribution < -0.4 is 11.1 Å². The van der Waals surface area contributed by atoms with Crippen LogP contribution in [0, 0.1) is 5.92 Å². The van der Waals surface area contributed by atoms with Crippen molar-refractivity contribution in [1.29, 1.82) is 0 Å². The molecule has 1 aromatic rings. The molecule has 2 rings (SSSR count). The number of nitrogens with one attached hydrogen (secondary N) is 1. The first-order valence-corrected chi connectivity index (χ1v) is 6.18. The van der Waals surface area contributed by atoms with Gasteiger partial charge in [0, 0.05) is 25.8 Å². The number of imidazole rings is 1. The Balaban J connectivity index is 1.83. The minimum Gasteiger partial charge on any atom is -0.350 e. The van der Waals surface area contributed by atoms with E-state index in [1.807, 2.05) is 7.05 Å². The molecule has 1 aromatic heterocycles. The maximum Gasteiger partial charge on any atom is 0.271 e. The molecule has 0 bridgehead atoms. The lowest BCUT2D eigenvalue weighted by atomic mass is 9.85. The van der Waals surface area contributed by atoms with Crippen molar-refractivity contribution >= 4 is 5.91 Å². The molecule has 1 saturated carbocycles. The smallest absolute Gasteiger partial charge is 0.271 e. The Hall–Kier alpha value is -1.36. The van der Waals surface area contributed by atoms with Crippen molar-refractivity contribution in [3.63, 3.8) is 0 Å². The van der Waals surface area contributed by atoms with Gasteiger partial charge >= 0.3 is 0 Å². The summed E-state index contributed by atoms with van der Waals surface area (Å²) < 4.78 is 1.77. The average molecular weight is 236 g/mol. The van der Waals surface area contributed by atoms with E-state index in [9.17, 15) is 4.79 Å². The van der Waals surface area contributed by atoms with E-state index in [-0.39, 0.29) is 11.9 Å². The van der Waals surface area contributed by atoms with Gasteiger partial charge in [0.15, 0.2) is 0 Å². The van der Waals surface area contributed by atoms with Gasteiger partial charge in [-0.05, 0) is 18.8 Å². The van der Waals surface area contributed by atoms with Gasteiger partial charge in [0.05, 0.1) is 6.33 Å². The molecule has 5 heteroatoms. The maximum atomic E-state index is 11.8. The number of aryl methyl sites for hydroxylation is 1. The first kappa shape index (κ1) is 12.1. The third-order valence-corrected chi connectivity index (χ3v) is 3.43. The van der Waals surface area contributed by atoms with Crippen molar-refractivity contribution in [2.75, 3.05) is 6.54 Å². The molecule has 1 fully saturated rings. The summed E-state index contributed by atoms with van der Waals surface area (Å²) >= 11 is 0. The van der Waals surface area contributed by atoms with E-state index in [0.717, 1.165) is 12.8 Å². The first-order chi connectivity index (χ1) is 8.16. The summed E-state index contributed by atoms with van der Waals surface area (Å²) in [6, 6.07) is 0.229. The van der Waals surface area contributed by atoms with Crippen LogP contribution in [0.25, 0.3) is 0 Å². The van der Waals surface area contributed by atoms with Crippen LogP contribution in [0.5, 0.6) is 0 Å². The van der Waals surface area contributed by atoms with Crippen LogP contribution in [-0.4, -0.2) is 28.0 Å². The number of nitrogens with zero attached hydrogens (tertiary/aromatic N) is 2. The highest BCUT2D eigenvalue weighted by Gasteiger charge is 2.22. The number of hydrogen-bond acceptors (Lipinski definition) is 3. The highest BCUT2D eigenvalue weighted by molar-refractivity contribution is 5.91. The Morgan fingerprint density at radius 1 is 1.59 bits per heavy atom. The van der Waals surface area contributed by atoms with E-state index in [0.29, 0.717) is 18.2 Å². The van der Waals surface area contributed by atoms with Gasteiger partial charge in [0.25, 0.3) is 5.91 Å². The highest BCUT2D eigenvalue weighted by Crippen LogP contribution is 2.22. The van der Waals surface area contributed by atoms with Crippen molar-refractivity contribution in [3.8, 4) is 0 Å². The zero-order valence-electron chi connectivity index (χ0n) is 10.2. The van der Waals surface area contributed by atoms with Crippen LogP contribution in [0.2, 0.25) is 0 Å². The molecule has 1 amide bonds. The number of carbonyl (C=O) groups excluding carboxylic acids is 1. The van der Waals surface area contributed by atoms with Crippen LogP contribution in [-0.2, 0) is 7.05 Å². The summed E-state index contributed by atoms with van der Waals surface area (Å²) in [7, 11) is 1.85. The van der Waals surface area contributed by atoms with Crippen molar-refractivity contribution in [2.45, 2.75) is 31.7 Å². The molecule has 2 unspecified atom stereocenters. The van der Waals surface area contributed by atoms with Crippen LogP contribution in [0.1, 0.15) is 36.2 Å². The largest absolute Gasteiger partial charge is 0.350 e. The molecule has 94 valence electrons. The van der Waals surface area contributed by atoms with Crippen LogP contribution >= 0.6 is 0 Å². The standard InChI is InChI=1S/C12H20N4O/c1-16-7-11(15-8-16)12(17)14-6-9-4-2-3-5-10(9)13/h7-10H,2-6,13H2,1H3,(H,14,17). The lowest BCUT2D eigenvalue weighted by Crippen LogP contribution is -2.41. The Morgan fingerprint density at radius 2 is 2.35 bits per heavy atom. The fraction of sp³-hybridized carbons (Fsp3) is 0.667. The minimum atomic E-state index is -0.108. The molecule has 0 spiro atoms. The minimum absolute atomic E-state index is 0.108. The Morgan fingerprint density at radius 3 is 3.00 bits per heavy atom. The molecule has 0 aromatic carbocycles. The van der Waals surface area contributed by atoms with Gasteiger partial charge in [-0.25, -0.2) is 4.98 Å². The molecule has 3 N–H and O–H groups in total. The number of aromatic nitrogens is 2. The molecule has 0 saturated heterocycles. The second kappa shape index (κ2) is 5.31. The number of rotatable bonds is 3. The molecular weight excluding hydrogens is 216 g/mol. The van der Waals surface area contributed by atoms with Crippen LogP contribution in [0.4, 0.5) is 0 Å². The molecular formula is C12H20N4O. The molecule has 0 aliphatic heterocycles. The van der Waals surface area contributed by atoms with E-state index in [4.69, 9.17) is 5.73 Å². The fourth-order valence-corrected chi connectivity index (χ4v) is 2.33. The van der Waals surface area contributed by atoms with Gasteiger partial charge in [-0.2, -0.15) is 0 Å². The topological polar surface area (TPSA) is 72.9 Å². The Bertz CT molecular complexity index is 388. The van der Waals surface area contributed by atoms with Gasteiger partial charge in [0.2, 0.25) is 0 Å². The summed E-state index contributed by atoms with van der Waals surface area (Å²) in [5, 5.41) is 2.92. The second-order valence-corrected chi connectivity index (χ2v) is 4.84. The second-order valence-electron chi connectivity index (χ2n) is 4.84. The van der Waals surface area contributed by atoms with E-state index in [1.54, 1.807) is 17.1 Å². The number of hydrogen-bond donors (Lipinski definition) is 2. The Kier molecular flexibility index (Phi) is 3.78. The van der Waals surface area contributed by atoms with Crippen molar-refractivity contribution in [3.05, 3.63) is 18.2 Å². The van der Waals surface area contributed by atoms with Crippen molar-refractivity contribution < 1.29 is 4.79 Å². The van der Waals surface area contributed by atoms with Crippen molar-refractivity contribution in [2.24, 2.45) is 18.7 Å². The number of carbonyl (C=O) groups is 1. The third-order valence-electron chi connectivity index (χ3n) is 3.43. The highest BCUT2D eigenvalue weighted by atomic mass is 16.1. The third kappa shape index (κ3) is 3.06. The van der Waals surface area contributed by atoms with Crippen LogP contribution in [0.3, 0.4) is 0 Å². The first-order valence-electron chi connectivity index (χ1n) is 6.18. The monoisotopic (exact) mass is 236 g/mol. The summed E-state index contributed by atoms with van der Waals surface area (Å²) in [5.74, 6) is 0.305. The van der Waals surface area contributed by atoms with Gasteiger partial charge < -0.3 is 15.6 Å². The predicted octanol–water partition coefficient (Wildman–Crippen LogP) is 0.667. The quantitative estimate of drug-likeness (QED) is 0.810. The average Bonchev–Trinajstić information content (AvgIpc) is 2.74. The number of nitrogens with two attached hydrogens (primary N) is 1. The van der Waals surface area contributed by atoms with Gasteiger partial charge in [-0.1, -0.05) is 12.8 Å². The molecule has 0 radical (unpaired) electrons. The summed E-state index contributed by atoms with van der Waals surface area (Å²) in [5.41, 5.74) is 6.51. The summed E-state index contributed by atoms with van der Waals surface area (Å²) in [4.78, 5) is 15.8. The maximum absolute atomic E-state index is 11.8. The lowest BCUT2D eigenvalue weighted by molar-refractivity contribution is 0.0937. The molecule has 1 heterocycles. The molecule has 17 heavy (non-hydrogen) atoms. The van der Waals surface area contributed by atoms with E-state index >= 15 is 0 Å². The number of amides is 1. The van der Waals surface area contributed by atoms with E-state index in [2.05, 4.69) is 10.3 Å².